The van der Waals surface area contributed by atoms with Gasteiger partial charge in [-0.05, 0) is 30.3 Å². The number of benzene rings is 1. The van der Waals surface area contributed by atoms with Crippen LogP contribution in [0.1, 0.15) is 16.1 Å². The number of carbonyl (C=O) groups excluding carboxylic acids is 1. The molecular weight excluding hydrogens is 441 g/mol. The Morgan fingerprint density at radius 3 is 2.48 bits per heavy atom. The normalized spacial score (nSPS) is 11.2. The number of hydrogen-bond acceptors (Lipinski definition) is 6. The number of nitro groups is 1. The second kappa shape index (κ2) is 9.04. The van der Waals surface area contributed by atoms with Crippen molar-refractivity contribution >= 4 is 29.0 Å². The topological polar surface area (TPSA) is 110 Å². The highest BCUT2D eigenvalue weighted by molar-refractivity contribution is 6.32. The summed E-state index contributed by atoms with van der Waals surface area (Å²) >= 11 is 5.80. The Morgan fingerprint density at radius 1 is 1.16 bits per heavy atom. The van der Waals surface area contributed by atoms with Gasteiger partial charge in [0.25, 0.3) is 11.6 Å². The Bertz CT molecular complexity index is 1100. The summed E-state index contributed by atoms with van der Waals surface area (Å²) in [6.07, 6.45) is -3.88. The van der Waals surface area contributed by atoms with Crippen molar-refractivity contribution in [3.8, 4) is 11.3 Å². The zero-order valence-corrected chi connectivity index (χ0v) is 16.3. The molecule has 0 spiro atoms. The number of pyridine rings is 1. The average Bonchev–Trinajstić information content (AvgIpc) is 3.21. The van der Waals surface area contributed by atoms with E-state index in [4.69, 9.17) is 16.0 Å². The number of non-ortho nitro benzene ring substituents is 1. The fourth-order valence-corrected chi connectivity index (χ4v) is 2.76. The molecule has 0 aliphatic heterocycles. The van der Waals surface area contributed by atoms with Gasteiger partial charge >= 0.3 is 6.18 Å². The maximum Gasteiger partial charge on any atom is 0.417 e. The molecule has 0 unspecified atom stereocenters. The molecule has 0 aliphatic rings. The van der Waals surface area contributed by atoms with Gasteiger partial charge in [-0.25, -0.2) is 4.98 Å². The van der Waals surface area contributed by atoms with Gasteiger partial charge in [-0.1, -0.05) is 11.6 Å². The van der Waals surface area contributed by atoms with Gasteiger partial charge in [0.05, 0.1) is 15.5 Å². The molecule has 162 valence electrons. The minimum Gasteiger partial charge on any atom is -0.451 e. The molecule has 0 saturated carbocycles. The highest BCUT2D eigenvalue weighted by Gasteiger charge is 2.31. The molecule has 0 fully saturated rings. The maximum absolute atomic E-state index is 12.6. The van der Waals surface area contributed by atoms with E-state index >= 15 is 0 Å². The Labute approximate surface area is 178 Å². The van der Waals surface area contributed by atoms with Crippen molar-refractivity contribution in [2.24, 2.45) is 0 Å². The van der Waals surface area contributed by atoms with Crippen LogP contribution in [0.2, 0.25) is 5.02 Å². The van der Waals surface area contributed by atoms with E-state index in [1.54, 1.807) is 6.07 Å². The van der Waals surface area contributed by atoms with Crippen molar-refractivity contribution in [2.75, 3.05) is 18.4 Å². The molecule has 2 N–H and O–H groups in total. The molecule has 0 radical (unpaired) electrons. The van der Waals surface area contributed by atoms with Gasteiger partial charge in [0.2, 0.25) is 0 Å². The number of nitrogens with zero attached hydrogens (tertiary/aromatic N) is 2. The van der Waals surface area contributed by atoms with E-state index < -0.39 is 22.6 Å². The van der Waals surface area contributed by atoms with Crippen LogP contribution in [0.15, 0.2) is 53.1 Å². The van der Waals surface area contributed by atoms with Gasteiger partial charge in [0.1, 0.15) is 11.6 Å². The number of alkyl halides is 3. The van der Waals surface area contributed by atoms with Crippen LogP contribution in [0.4, 0.5) is 24.7 Å². The van der Waals surface area contributed by atoms with Gasteiger partial charge in [0.15, 0.2) is 5.76 Å². The van der Waals surface area contributed by atoms with Gasteiger partial charge in [-0.2, -0.15) is 13.2 Å². The quantitative estimate of drug-likeness (QED) is 0.302. The number of hydrogen-bond donors (Lipinski definition) is 2. The molecular formula is C19H14ClF3N4O4. The lowest BCUT2D eigenvalue weighted by Gasteiger charge is -2.11. The smallest absolute Gasteiger partial charge is 0.417 e. The number of nitrogens with one attached hydrogen (secondary N) is 2. The van der Waals surface area contributed by atoms with Crippen molar-refractivity contribution in [1.29, 1.82) is 0 Å². The maximum atomic E-state index is 12.6. The second-order valence-corrected chi connectivity index (χ2v) is 6.61. The molecule has 1 aromatic carbocycles. The zero-order valence-electron chi connectivity index (χ0n) is 15.6. The number of carbonyl (C=O) groups is 1. The molecule has 12 heteroatoms. The summed E-state index contributed by atoms with van der Waals surface area (Å²) in [4.78, 5) is 26.0. The van der Waals surface area contributed by atoms with Crippen LogP contribution in [0.5, 0.6) is 0 Å². The van der Waals surface area contributed by atoms with E-state index in [0.717, 1.165) is 6.07 Å². The number of amides is 1. The number of aromatic nitrogens is 1. The lowest BCUT2D eigenvalue weighted by atomic mass is 10.1. The fraction of sp³-hybridized carbons (Fsp3) is 0.158. The first kappa shape index (κ1) is 22.1. The number of furan rings is 1. The molecule has 0 atom stereocenters. The molecule has 3 aromatic rings. The molecule has 2 aromatic heterocycles. The number of rotatable bonds is 7. The summed E-state index contributed by atoms with van der Waals surface area (Å²) in [7, 11) is 0. The Kier molecular flexibility index (Phi) is 6.44. The van der Waals surface area contributed by atoms with Crippen LogP contribution in [-0.4, -0.2) is 28.9 Å². The fourth-order valence-electron chi connectivity index (χ4n) is 2.53. The number of nitro benzene ring substituents is 1. The van der Waals surface area contributed by atoms with Crippen molar-refractivity contribution in [2.45, 2.75) is 6.18 Å². The third-order valence-corrected chi connectivity index (χ3v) is 4.35. The first-order valence-electron chi connectivity index (χ1n) is 8.74. The van der Waals surface area contributed by atoms with E-state index in [0.29, 0.717) is 17.5 Å². The van der Waals surface area contributed by atoms with Crippen molar-refractivity contribution in [1.82, 2.24) is 10.3 Å². The van der Waals surface area contributed by atoms with Crippen molar-refractivity contribution in [3.05, 3.63) is 75.1 Å². The monoisotopic (exact) mass is 454 g/mol. The predicted molar refractivity (Wildman–Crippen MR) is 106 cm³/mol. The minimum absolute atomic E-state index is 0.0269. The van der Waals surface area contributed by atoms with Crippen molar-refractivity contribution in [3.63, 3.8) is 0 Å². The van der Waals surface area contributed by atoms with Crippen LogP contribution in [0.25, 0.3) is 11.3 Å². The third kappa shape index (κ3) is 5.51. The van der Waals surface area contributed by atoms with Gasteiger partial charge < -0.3 is 15.1 Å². The lowest BCUT2D eigenvalue weighted by Crippen LogP contribution is -2.28. The van der Waals surface area contributed by atoms with E-state index in [-0.39, 0.29) is 35.4 Å². The highest BCUT2D eigenvalue weighted by atomic mass is 35.5. The molecule has 8 nitrogen and oxygen atoms in total. The van der Waals surface area contributed by atoms with Crippen LogP contribution in [0, 0.1) is 10.1 Å². The molecule has 0 bridgehead atoms. The van der Waals surface area contributed by atoms with Gasteiger partial charge in [-0.15, -0.1) is 0 Å². The summed E-state index contributed by atoms with van der Waals surface area (Å²) in [5, 5.41) is 15.8. The summed E-state index contributed by atoms with van der Waals surface area (Å²) < 4.78 is 43.3. The van der Waals surface area contributed by atoms with Gasteiger partial charge in [-0.3, -0.25) is 14.9 Å². The predicted octanol–water partition coefficient (Wildman–Crippen LogP) is 4.76. The zero-order chi connectivity index (χ0) is 22.6. The standard InChI is InChI=1S/C19H14ClF3N4O4/c20-14-9-12(19(21,22)23)10-26-17(14)24-7-8-25-18(28)16-6-5-15(31-16)11-1-3-13(4-2-11)27(29)30/h1-6,9-10H,7-8H2,(H,24,26)(H,25,28). The summed E-state index contributed by atoms with van der Waals surface area (Å²) in [6, 6.07) is 9.42. The van der Waals surface area contributed by atoms with Crippen LogP contribution in [0.3, 0.4) is 0 Å². The highest BCUT2D eigenvalue weighted by Crippen LogP contribution is 2.32. The van der Waals surface area contributed by atoms with E-state index in [2.05, 4.69) is 15.6 Å². The number of halogens is 4. The van der Waals surface area contributed by atoms with E-state index in [1.165, 1.54) is 30.3 Å². The largest absolute Gasteiger partial charge is 0.451 e. The average molecular weight is 455 g/mol. The first-order valence-corrected chi connectivity index (χ1v) is 9.12. The molecule has 1 amide bonds. The third-order valence-electron chi connectivity index (χ3n) is 4.06. The minimum atomic E-state index is -4.54. The summed E-state index contributed by atoms with van der Waals surface area (Å²) in [6.45, 7) is 0.269. The van der Waals surface area contributed by atoms with Gasteiger partial charge in [0, 0.05) is 37.0 Å². The molecule has 3 rings (SSSR count). The summed E-state index contributed by atoms with van der Waals surface area (Å²) in [5.74, 6) is -0.0678. The first-order chi connectivity index (χ1) is 14.6. The van der Waals surface area contributed by atoms with Crippen LogP contribution >= 0.6 is 11.6 Å². The van der Waals surface area contributed by atoms with Crippen molar-refractivity contribution < 1.29 is 27.3 Å². The van der Waals surface area contributed by atoms with E-state index in [9.17, 15) is 28.1 Å². The molecule has 31 heavy (non-hydrogen) atoms. The van der Waals surface area contributed by atoms with Crippen LogP contribution < -0.4 is 10.6 Å². The SMILES string of the molecule is O=C(NCCNc1ncc(C(F)(F)F)cc1Cl)c1ccc(-c2ccc([N+](=O)[O-])cc2)o1. The Balaban J connectivity index is 1.52. The number of anilines is 1. The Hall–Kier alpha value is -3.60. The van der Waals surface area contributed by atoms with Crippen LogP contribution in [-0.2, 0) is 6.18 Å². The second-order valence-electron chi connectivity index (χ2n) is 6.20. The molecule has 2 heterocycles. The van der Waals surface area contributed by atoms with E-state index in [1.807, 2.05) is 0 Å². The Morgan fingerprint density at radius 2 is 1.87 bits per heavy atom. The lowest BCUT2D eigenvalue weighted by molar-refractivity contribution is -0.384. The molecule has 0 aliphatic carbocycles. The molecule has 0 saturated heterocycles. The summed E-state index contributed by atoms with van der Waals surface area (Å²) in [5.41, 5.74) is -0.462.